The lowest BCUT2D eigenvalue weighted by Gasteiger charge is -2.09. The van der Waals surface area contributed by atoms with Gasteiger partial charge >= 0.3 is 6.01 Å². The van der Waals surface area contributed by atoms with Crippen LogP contribution in [0, 0.1) is 6.92 Å². The summed E-state index contributed by atoms with van der Waals surface area (Å²) in [6, 6.07) is 16.1. The molecule has 35 heavy (non-hydrogen) atoms. The van der Waals surface area contributed by atoms with Crippen LogP contribution in [0.25, 0.3) is 17.1 Å². The molecule has 1 aromatic heterocycles. The summed E-state index contributed by atoms with van der Waals surface area (Å²) in [6.07, 6.45) is 8.93. The molecular formula is C28H38N4O3. The van der Waals surface area contributed by atoms with E-state index in [0.29, 0.717) is 31.5 Å². The van der Waals surface area contributed by atoms with E-state index in [1.54, 1.807) is 11.8 Å². The van der Waals surface area contributed by atoms with Crippen LogP contribution in [0.4, 0.5) is 5.69 Å². The van der Waals surface area contributed by atoms with E-state index in [-0.39, 0.29) is 5.91 Å². The molecule has 0 saturated carbocycles. The molecule has 2 aromatic carbocycles. The molecule has 0 spiro atoms. The molecule has 0 atom stereocenters. The van der Waals surface area contributed by atoms with Crippen molar-refractivity contribution in [3.8, 4) is 23.1 Å². The van der Waals surface area contributed by atoms with Crippen molar-refractivity contribution in [2.24, 2.45) is 0 Å². The average Bonchev–Trinajstić information content (AvgIpc) is 3.29. The molecule has 7 heteroatoms. The number of nitrogens with one attached hydrogen (secondary N) is 1. The standard InChI is InChI=1S/C28H38N4O3/c1-4-5-6-7-8-9-10-11-26(33)29-24-16-18-25(19-17-24)32-27(23-14-12-22(2)13-15-23)30-28(31-32)35-21-20-34-3/h12-19H,4-11,20-21H2,1-3H3,(H,29,33). The monoisotopic (exact) mass is 478 g/mol. The number of ether oxygens (including phenoxy) is 2. The molecule has 0 aliphatic heterocycles. The number of methoxy groups -OCH3 is 1. The number of unbranched alkanes of at least 4 members (excludes halogenated alkanes) is 6. The fraction of sp³-hybridized carbons (Fsp3) is 0.464. The first-order chi connectivity index (χ1) is 17.1. The first kappa shape index (κ1) is 26.4. The van der Waals surface area contributed by atoms with Crippen molar-refractivity contribution in [2.45, 2.75) is 65.2 Å². The Balaban J connectivity index is 1.63. The van der Waals surface area contributed by atoms with E-state index in [9.17, 15) is 4.79 Å². The molecular weight excluding hydrogens is 440 g/mol. The minimum absolute atomic E-state index is 0.0567. The number of hydrogen-bond acceptors (Lipinski definition) is 5. The van der Waals surface area contributed by atoms with Gasteiger partial charge in [-0.25, -0.2) is 4.68 Å². The second-order valence-electron chi connectivity index (χ2n) is 8.80. The summed E-state index contributed by atoms with van der Waals surface area (Å²) in [6.45, 7) is 5.11. The molecule has 0 fully saturated rings. The Morgan fingerprint density at radius 2 is 1.60 bits per heavy atom. The molecule has 0 saturated heterocycles. The van der Waals surface area contributed by atoms with E-state index in [4.69, 9.17) is 9.47 Å². The maximum absolute atomic E-state index is 12.3. The lowest BCUT2D eigenvalue weighted by molar-refractivity contribution is -0.116. The lowest BCUT2D eigenvalue weighted by Crippen LogP contribution is -2.11. The normalized spacial score (nSPS) is 10.9. The van der Waals surface area contributed by atoms with Gasteiger partial charge in [-0.15, -0.1) is 5.10 Å². The number of carbonyl (C=O) groups is 1. The molecule has 1 amide bonds. The number of aromatic nitrogens is 3. The van der Waals surface area contributed by atoms with Crippen molar-refractivity contribution in [1.29, 1.82) is 0 Å². The van der Waals surface area contributed by atoms with Crippen LogP contribution in [0.1, 0.15) is 63.9 Å². The zero-order chi connectivity index (χ0) is 24.9. The van der Waals surface area contributed by atoms with E-state index in [2.05, 4.69) is 29.2 Å². The van der Waals surface area contributed by atoms with E-state index in [1.807, 2.05) is 48.5 Å². The molecule has 0 aliphatic rings. The predicted octanol–water partition coefficient (Wildman–Crippen LogP) is 6.35. The maximum atomic E-state index is 12.3. The van der Waals surface area contributed by atoms with Crippen molar-refractivity contribution in [3.63, 3.8) is 0 Å². The van der Waals surface area contributed by atoms with Crippen LogP contribution in [0.5, 0.6) is 6.01 Å². The Hall–Kier alpha value is -3.19. The number of rotatable bonds is 15. The topological polar surface area (TPSA) is 78.3 Å². The molecule has 3 aromatic rings. The number of aryl methyl sites for hydroxylation is 1. The molecule has 0 unspecified atom stereocenters. The Morgan fingerprint density at radius 1 is 0.914 bits per heavy atom. The fourth-order valence-electron chi connectivity index (χ4n) is 3.79. The van der Waals surface area contributed by atoms with Crippen LogP contribution < -0.4 is 10.1 Å². The van der Waals surface area contributed by atoms with Crippen LogP contribution in [0.3, 0.4) is 0 Å². The number of nitrogens with zero attached hydrogens (tertiary/aromatic N) is 3. The predicted molar refractivity (Wildman–Crippen MR) is 140 cm³/mol. The van der Waals surface area contributed by atoms with Crippen LogP contribution >= 0.6 is 0 Å². The number of amides is 1. The molecule has 0 radical (unpaired) electrons. The Kier molecular flexibility index (Phi) is 10.8. The van der Waals surface area contributed by atoms with E-state index >= 15 is 0 Å². The summed E-state index contributed by atoms with van der Waals surface area (Å²) in [4.78, 5) is 16.9. The van der Waals surface area contributed by atoms with Gasteiger partial charge in [0, 0.05) is 24.8 Å². The molecule has 1 heterocycles. The summed E-state index contributed by atoms with van der Waals surface area (Å²) in [5.41, 5.74) is 3.72. The first-order valence-electron chi connectivity index (χ1n) is 12.7. The van der Waals surface area contributed by atoms with Crippen LogP contribution in [0.15, 0.2) is 48.5 Å². The molecule has 1 N–H and O–H groups in total. The summed E-state index contributed by atoms with van der Waals surface area (Å²) in [7, 11) is 1.63. The van der Waals surface area contributed by atoms with E-state index in [1.165, 1.54) is 37.7 Å². The maximum Gasteiger partial charge on any atom is 0.336 e. The highest BCUT2D eigenvalue weighted by Crippen LogP contribution is 2.25. The van der Waals surface area contributed by atoms with Crippen LogP contribution in [-0.4, -0.2) is 41.0 Å². The van der Waals surface area contributed by atoms with Crippen LogP contribution in [0.2, 0.25) is 0 Å². The minimum Gasteiger partial charge on any atom is -0.460 e. The first-order valence-corrected chi connectivity index (χ1v) is 12.7. The van der Waals surface area contributed by atoms with Gasteiger partial charge in [0.2, 0.25) is 5.91 Å². The summed E-state index contributed by atoms with van der Waals surface area (Å²) < 4.78 is 12.5. The summed E-state index contributed by atoms with van der Waals surface area (Å²) in [5.74, 6) is 0.745. The number of hydrogen-bond donors (Lipinski definition) is 1. The molecule has 3 rings (SSSR count). The third-order valence-corrected chi connectivity index (χ3v) is 5.82. The Morgan fingerprint density at radius 3 is 2.29 bits per heavy atom. The highest BCUT2D eigenvalue weighted by Gasteiger charge is 2.15. The van der Waals surface area contributed by atoms with Crippen molar-refractivity contribution >= 4 is 11.6 Å². The lowest BCUT2D eigenvalue weighted by atomic mass is 10.1. The number of benzene rings is 2. The van der Waals surface area contributed by atoms with Gasteiger partial charge in [0.25, 0.3) is 0 Å². The van der Waals surface area contributed by atoms with Gasteiger partial charge < -0.3 is 14.8 Å². The minimum atomic E-state index is 0.0567. The fourth-order valence-corrected chi connectivity index (χ4v) is 3.79. The van der Waals surface area contributed by atoms with Gasteiger partial charge in [0.05, 0.1) is 12.3 Å². The second kappa shape index (κ2) is 14.3. The molecule has 0 aliphatic carbocycles. The van der Waals surface area contributed by atoms with Gasteiger partial charge in [-0.3, -0.25) is 4.79 Å². The largest absolute Gasteiger partial charge is 0.460 e. The average molecular weight is 479 g/mol. The highest BCUT2D eigenvalue weighted by atomic mass is 16.5. The van der Waals surface area contributed by atoms with E-state index < -0.39 is 0 Å². The molecule has 7 nitrogen and oxygen atoms in total. The third-order valence-electron chi connectivity index (χ3n) is 5.82. The molecule has 188 valence electrons. The number of anilines is 1. The van der Waals surface area contributed by atoms with Crippen molar-refractivity contribution < 1.29 is 14.3 Å². The highest BCUT2D eigenvalue weighted by molar-refractivity contribution is 5.90. The van der Waals surface area contributed by atoms with Gasteiger partial charge in [0.15, 0.2) is 5.82 Å². The van der Waals surface area contributed by atoms with Crippen molar-refractivity contribution in [1.82, 2.24) is 14.8 Å². The number of carbonyl (C=O) groups excluding carboxylic acids is 1. The van der Waals surface area contributed by atoms with Crippen molar-refractivity contribution in [2.75, 3.05) is 25.6 Å². The molecule has 0 bridgehead atoms. The smallest absolute Gasteiger partial charge is 0.336 e. The van der Waals surface area contributed by atoms with Gasteiger partial charge in [-0.2, -0.15) is 4.98 Å². The van der Waals surface area contributed by atoms with E-state index in [0.717, 1.165) is 29.8 Å². The van der Waals surface area contributed by atoms with Gasteiger partial charge in [0.1, 0.15) is 6.61 Å². The quantitative estimate of drug-likeness (QED) is 0.258. The second-order valence-corrected chi connectivity index (χ2v) is 8.80. The zero-order valence-electron chi connectivity index (χ0n) is 21.3. The third kappa shape index (κ3) is 8.51. The Labute approximate surface area is 208 Å². The summed E-state index contributed by atoms with van der Waals surface area (Å²) >= 11 is 0. The van der Waals surface area contributed by atoms with Gasteiger partial charge in [-0.05, 0) is 37.6 Å². The summed E-state index contributed by atoms with van der Waals surface area (Å²) in [5, 5.41) is 7.56. The van der Waals surface area contributed by atoms with Crippen molar-refractivity contribution in [3.05, 3.63) is 54.1 Å². The SMILES string of the molecule is CCCCCCCCCC(=O)Nc1ccc(-n2nc(OCCOC)nc2-c2ccc(C)cc2)cc1. The van der Waals surface area contributed by atoms with Crippen LogP contribution in [-0.2, 0) is 9.53 Å². The van der Waals surface area contributed by atoms with Gasteiger partial charge in [-0.1, -0.05) is 75.3 Å². The Bertz CT molecular complexity index is 1030. The zero-order valence-corrected chi connectivity index (χ0v) is 21.3.